The molecule has 0 rings (SSSR count). The number of aliphatic hydroxyl groups excluding tert-OH is 5. The van der Waals surface area contributed by atoms with Crippen molar-refractivity contribution in [2.45, 2.75) is 211 Å². The average molecular weight is 769 g/mol. The van der Waals surface area contributed by atoms with Crippen LogP contribution in [0.15, 0.2) is 0 Å². The molecule has 0 aromatic carbocycles. The third-order valence-corrected chi connectivity index (χ3v) is 9.15. The van der Waals surface area contributed by atoms with E-state index in [2.05, 4.69) is 6.92 Å². The zero-order valence-corrected chi connectivity index (χ0v) is 32.8. The molecule has 0 aromatic heterocycles. The van der Waals surface area contributed by atoms with Gasteiger partial charge in [-0.25, -0.2) is 0 Å². The first kappa shape index (κ1) is 51.2. The lowest BCUT2D eigenvalue weighted by atomic mass is 9.98. The summed E-state index contributed by atoms with van der Waals surface area (Å²) in [5.41, 5.74) is 0. The van der Waals surface area contributed by atoms with Crippen LogP contribution in [0.3, 0.4) is 0 Å². The van der Waals surface area contributed by atoms with E-state index in [1.54, 1.807) is 0 Å². The fourth-order valence-corrected chi connectivity index (χ4v) is 6.24. The third-order valence-electron chi connectivity index (χ3n) is 9.15. The van der Waals surface area contributed by atoms with Crippen molar-refractivity contribution in [2.75, 3.05) is 0 Å². The van der Waals surface area contributed by atoms with Crippen LogP contribution in [-0.4, -0.2) is 102 Å². The highest BCUT2D eigenvalue weighted by atomic mass is 16.3. The standard InChI is InChI=1S/C41H68O13/c1-3-4-6-13-30(43)21-38(51)25-34(47)17-10-18-35(48)26-39(52)22-31(44)14-7-5-8-15-32(45)23-40(53)27-36(49)19-11-20-37(50)28-41(54)24-33(46)16-9-12-29(2)42/h30,38-41,43,51-54H,3-28H2,1-2H3/t30-,38-,39+,40-,41+/m0/s1. The largest absolute Gasteiger partial charge is 0.393 e. The Labute approximate surface area is 321 Å². The molecule has 0 unspecified atom stereocenters. The minimum Gasteiger partial charge on any atom is -0.393 e. The van der Waals surface area contributed by atoms with Crippen LogP contribution < -0.4 is 0 Å². The van der Waals surface area contributed by atoms with Crippen LogP contribution in [0, 0.1) is 0 Å². The van der Waals surface area contributed by atoms with Crippen LogP contribution >= 0.6 is 0 Å². The number of carbonyl (C=O) groups excluding carboxylic acids is 8. The van der Waals surface area contributed by atoms with Gasteiger partial charge in [0.15, 0.2) is 0 Å². The number of Topliss-reactive ketones (excluding diaryl/α,β-unsaturated/α-hetero) is 8. The van der Waals surface area contributed by atoms with E-state index >= 15 is 0 Å². The Morgan fingerprint density at radius 3 is 0.963 bits per heavy atom. The van der Waals surface area contributed by atoms with Crippen LogP contribution in [-0.2, 0) is 38.4 Å². The smallest absolute Gasteiger partial charge is 0.135 e. The summed E-state index contributed by atoms with van der Waals surface area (Å²) in [5.74, 6) is -1.69. The minimum absolute atomic E-state index is 0.0178. The highest BCUT2D eigenvalue weighted by Gasteiger charge is 2.20. The molecule has 5 atom stereocenters. The Hall–Kier alpha value is -2.84. The summed E-state index contributed by atoms with van der Waals surface area (Å²) in [7, 11) is 0. The summed E-state index contributed by atoms with van der Waals surface area (Å²) in [6.45, 7) is 3.49. The Morgan fingerprint density at radius 1 is 0.352 bits per heavy atom. The van der Waals surface area contributed by atoms with Gasteiger partial charge in [0.25, 0.3) is 0 Å². The molecule has 0 fully saturated rings. The maximum Gasteiger partial charge on any atom is 0.135 e. The van der Waals surface area contributed by atoms with E-state index in [-0.39, 0.29) is 155 Å². The van der Waals surface area contributed by atoms with E-state index in [0.717, 1.165) is 19.3 Å². The first-order chi connectivity index (χ1) is 25.5. The molecule has 0 radical (unpaired) electrons. The monoisotopic (exact) mass is 768 g/mol. The molecule has 0 bridgehead atoms. The SMILES string of the molecule is CCCCC[C@H](O)C[C@H](O)CC(=O)CCCC(=O)C[C@H](O)CC(=O)CCCCCC(=O)C[C@H](O)CC(=O)CCCC(=O)C[C@H](O)CC(=O)CCCC(C)=O. The van der Waals surface area contributed by atoms with Gasteiger partial charge in [0.1, 0.15) is 46.3 Å². The van der Waals surface area contributed by atoms with E-state index in [4.69, 9.17) is 0 Å². The molecule has 13 heteroatoms. The second-order valence-electron chi connectivity index (χ2n) is 15.0. The van der Waals surface area contributed by atoms with Crippen molar-refractivity contribution in [2.24, 2.45) is 0 Å². The summed E-state index contributed by atoms with van der Waals surface area (Å²) < 4.78 is 0. The van der Waals surface area contributed by atoms with Crippen molar-refractivity contribution >= 4 is 46.3 Å². The Balaban J connectivity index is 4.01. The second-order valence-corrected chi connectivity index (χ2v) is 15.0. The zero-order valence-electron chi connectivity index (χ0n) is 32.8. The molecule has 13 nitrogen and oxygen atoms in total. The topological polar surface area (TPSA) is 238 Å². The summed E-state index contributed by atoms with van der Waals surface area (Å²) in [4.78, 5) is 95.9. The van der Waals surface area contributed by atoms with Gasteiger partial charge < -0.3 is 30.3 Å². The van der Waals surface area contributed by atoms with E-state index in [0.29, 0.717) is 38.5 Å². The normalized spacial score (nSPS) is 14.1. The maximum atomic E-state index is 12.2. The summed E-state index contributed by atoms with van der Waals surface area (Å²) >= 11 is 0. The van der Waals surface area contributed by atoms with E-state index in [1.165, 1.54) is 6.92 Å². The molecule has 0 aliphatic heterocycles. The predicted octanol–water partition coefficient (Wildman–Crippen LogP) is 4.53. The van der Waals surface area contributed by atoms with Crippen LogP contribution in [0.1, 0.15) is 181 Å². The minimum atomic E-state index is -1.14. The summed E-state index contributed by atoms with van der Waals surface area (Å²) in [6.07, 6.45) is 1.04. The summed E-state index contributed by atoms with van der Waals surface area (Å²) in [6, 6.07) is 0. The molecule has 5 N–H and O–H groups in total. The van der Waals surface area contributed by atoms with Gasteiger partial charge >= 0.3 is 0 Å². The highest BCUT2D eigenvalue weighted by molar-refractivity contribution is 5.85. The molecule has 0 heterocycles. The van der Waals surface area contributed by atoms with Crippen molar-refractivity contribution in [3.8, 4) is 0 Å². The summed E-state index contributed by atoms with van der Waals surface area (Å²) in [5, 5.41) is 50.3. The highest BCUT2D eigenvalue weighted by Crippen LogP contribution is 2.15. The molecule has 0 spiro atoms. The fourth-order valence-electron chi connectivity index (χ4n) is 6.24. The number of aliphatic hydroxyl groups is 5. The lowest BCUT2D eigenvalue weighted by Crippen LogP contribution is -2.21. The van der Waals surface area contributed by atoms with Gasteiger partial charge in [0.2, 0.25) is 0 Å². The second kappa shape index (κ2) is 31.4. The lowest BCUT2D eigenvalue weighted by molar-refractivity contribution is -0.126. The molecule has 0 amide bonds. The van der Waals surface area contributed by atoms with E-state index in [9.17, 15) is 63.9 Å². The number of unbranched alkanes of at least 4 members (excludes halogenated alkanes) is 4. The molecule has 0 saturated carbocycles. The molecule has 0 aliphatic rings. The Bertz CT molecular complexity index is 1160. The molecule has 310 valence electrons. The molecule has 0 aliphatic carbocycles. The van der Waals surface area contributed by atoms with Gasteiger partial charge in [0.05, 0.1) is 30.5 Å². The maximum absolute atomic E-state index is 12.2. The number of hydrogen-bond donors (Lipinski definition) is 5. The van der Waals surface area contributed by atoms with Gasteiger partial charge in [-0.2, -0.15) is 0 Å². The van der Waals surface area contributed by atoms with Crippen LogP contribution in [0.4, 0.5) is 0 Å². The third kappa shape index (κ3) is 31.5. The zero-order chi connectivity index (χ0) is 40.9. The number of ketones is 8. The lowest BCUT2D eigenvalue weighted by Gasteiger charge is -2.15. The van der Waals surface area contributed by atoms with Crippen molar-refractivity contribution in [1.82, 2.24) is 0 Å². The van der Waals surface area contributed by atoms with Crippen molar-refractivity contribution in [3.63, 3.8) is 0 Å². The van der Waals surface area contributed by atoms with Gasteiger partial charge in [0, 0.05) is 96.3 Å². The average Bonchev–Trinajstić information content (AvgIpc) is 3.03. The van der Waals surface area contributed by atoms with Crippen LogP contribution in [0.25, 0.3) is 0 Å². The predicted molar refractivity (Wildman–Crippen MR) is 201 cm³/mol. The van der Waals surface area contributed by atoms with Crippen LogP contribution in [0.5, 0.6) is 0 Å². The van der Waals surface area contributed by atoms with Crippen molar-refractivity contribution in [3.05, 3.63) is 0 Å². The Morgan fingerprint density at radius 2 is 0.648 bits per heavy atom. The number of rotatable bonds is 38. The van der Waals surface area contributed by atoms with Crippen molar-refractivity contribution in [1.29, 1.82) is 0 Å². The van der Waals surface area contributed by atoms with Crippen LogP contribution in [0.2, 0.25) is 0 Å². The van der Waals surface area contributed by atoms with Gasteiger partial charge in [-0.1, -0.05) is 32.6 Å². The van der Waals surface area contributed by atoms with Crippen molar-refractivity contribution < 1.29 is 63.9 Å². The van der Waals surface area contributed by atoms with Gasteiger partial charge in [-0.3, -0.25) is 33.6 Å². The molecular weight excluding hydrogens is 700 g/mol. The molecular formula is C41H68O13. The van der Waals surface area contributed by atoms with Gasteiger partial charge in [-0.05, 0) is 51.9 Å². The molecule has 54 heavy (non-hydrogen) atoms. The van der Waals surface area contributed by atoms with E-state index in [1.807, 2.05) is 0 Å². The quantitative estimate of drug-likeness (QED) is 0.0544. The fraction of sp³-hybridized carbons (Fsp3) is 0.805. The number of carbonyl (C=O) groups is 8. The van der Waals surface area contributed by atoms with E-state index < -0.39 is 30.5 Å². The first-order valence-corrected chi connectivity index (χ1v) is 20.0. The van der Waals surface area contributed by atoms with Gasteiger partial charge in [-0.15, -0.1) is 0 Å². The number of hydrogen-bond acceptors (Lipinski definition) is 13. The molecule has 0 aromatic rings. The molecule has 0 saturated heterocycles. The Kier molecular flexibility index (Phi) is 29.7. The first-order valence-electron chi connectivity index (χ1n) is 20.0.